The SMILES string of the molecule is O=CO[C@H]1COCCN1. The van der Waals surface area contributed by atoms with E-state index in [2.05, 4.69) is 10.1 Å². The van der Waals surface area contributed by atoms with Gasteiger partial charge in [-0.15, -0.1) is 0 Å². The molecule has 0 aromatic rings. The van der Waals surface area contributed by atoms with Crippen molar-refractivity contribution < 1.29 is 14.3 Å². The van der Waals surface area contributed by atoms with Crippen molar-refractivity contribution in [2.24, 2.45) is 0 Å². The van der Waals surface area contributed by atoms with Crippen LogP contribution in [0.1, 0.15) is 0 Å². The Balaban J connectivity index is 2.15. The van der Waals surface area contributed by atoms with Crippen LogP contribution in [0.4, 0.5) is 0 Å². The molecule has 52 valence electrons. The summed E-state index contributed by atoms with van der Waals surface area (Å²) < 4.78 is 9.55. The van der Waals surface area contributed by atoms with E-state index in [-0.39, 0.29) is 6.23 Å². The molecule has 1 heterocycles. The molecule has 0 amide bonds. The summed E-state index contributed by atoms with van der Waals surface area (Å²) in [7, 11) is 0. The lowest BCUT2D eigenvalue weighted by Crippen LogP contribution is -2.42. The molecule has 0 radical (unpaired) electrons. The van der Waals surface area contributed by atoms with E-state index in [0.717, 1.165) is 6.54 Å². The minimum Gasteiger partial charge on any atom is -0.446 e. The van der Waals surface area contributed by atoms with E-state index in [4.69, 9.17) is 4.74 Å². The zero-order valence-corrected chi connectivity index (χ0v) is 5.00. The van der Waals surface area contributed by atoms with E-state index in [9.17, 15) is 4.79 Å². The maximum Gasteiger partial charge on any atom is 0.294 e. The summed E-state index contributed by atoms with van der Waals surface area (Å²) >= 11 is 0. The smallest absolute Gasteiger partial charge is 0.294 e. The van der Waals surface area contributed by atoms with E-state index in [1.807, 2.05) is 0 Å². The van der Waals surface area contributed by atoms with Gasteiger partial charge in [-0.05, 0) is 0 Å². The standard InChI is InChI=1S/C5H9NO3/c7-4-9-5-3-8-2-1-6-5/h4-6H,1-3H2/t5-/m0/s1. The lowest BCUT2D eigenvalue weighted by atomic mass is 10.5. The Bertz CT molecular complexity index is 90.2. The Kier molecular flexibility index (Phi) is 2.48. The zero-order valence-electron chi connectivity index (χ0n) is 5.00. The van der Waals surface area contributed by atoms with E-state index >= 15 is 0 Å². The van der Waals surface area contributed by atoms with E-state index in [1.54, 1.807) is 0 Å². The molecule has 1 aliphatic rings. The largest absolute Gasteiger partial charge is 0.446 e. The number of morpholine rings is 1. The Labute approximate surface area is 53.1 Å². The second-order valence-electron chi connectivity index (χ2n) is 1.75. The van der Waals surface area contributed by atoms with Crippen molar-refractivity contribution in [1.29, 1.82) is 0 Å². The summed E-state index contributed by atoms with van der Waals surface area (Å²) in [5, 5.41) is 2.94. The van der Waals surface area contributed by atoms with Gasteiger partial charge in [0, 0.05) is 6.54 Å². The van der Waals surface area contributed by atoms with Crippen LogP contribution >= 0.6 is 0 Å². The quantitative estimate of drug-likeness (QED) is 0.494. The average molecular weight is 131 g/mol. The number of rotatable bonds is 2. The van der Waals surface area contributed by atoms with Gasteiger partial charge >= 0.3 is 0 Å². The van der Waals surface area contributed by atoms with E-state index in [1.165, 1.54) is 0 Å². The van der Waals surface area contributed by atoms with Crippen LogP contribution in [0.5, 0.6) is 0 Å². The van der Waals surface area contributed by atoms with Crippen molar-refractivity contribution in [3.8, 4) is 0 Å². The first kappa shape index (κ1) is 6.51. The molecule has 0 unspecified atom stereocenters. The van der Waals surface area contributed by atoms with E-state index in [0.29, 0.717) is 19.7 Å². The van der Waals surface area contributed by atoms with Gasteiger partial charge in [0.2, 0.25) is 0 Å². The molecule has 0 saturated carbocycles. The molecule has 0 bridgehead atoms. The van der Waals surface area contributed by atoms with Gasteiger partial charge in [0.15, 0.2) is 6.23 Å². The molecule has 9 heavy (non-hydrogen) atoms. The summed E-state index contributed by atoms with van der Waals surface area (Å²) in [6, 6.07) is 0. The predicted octanol–water partition coefficient (Wildman–Crippen LogP) is -0.895. The molecule has 0 aromatic heterocycles. The van der Waals surface area contributed by atoms with Gasteiger partial charge in [0.05, 0.1) is 13.2 Å². The van der Waals surface area contributed by atoms with Crippen LogP contribution in [0.15, 0.2) is 0 Å². The van der Waals surface area contributed by atoms with Crippen molar-refractivity contribution in [3.05, 3.63) is 0 Å². The highest BCUT2D eigenvalue weighted by Gasteiger charge is 2.11. The third kappa shape index (κ3) is 1.99. The number of carbonyl (C=O) groups excluding carboxylic acids is 1. The van der Waals surface area contributed by atoms with E-state index < -0.39 is 0 Å². The molecule has 4 nitrogen and oxygen atoms in total. The second kappa shape index (κ2) is 3.42. The molecule has 1 fully saturated rings. The van der Waals surface area contributed by atoms with Gasteiger partial charge in [-0.25, -0.2) is 0 Å². The number of hydrogen-bond donors (Lipinski definition) is 1. The number of carbonyl (C=O) groups is 1. The van der Waals surface area contributed by atoms with Crippen molar-refractivity contribution in [3.63, 3.8) is 0 Å². The van der Waals surface area contributed by atoms with Gasteiger partial charge < -0.3 is 9.47 Å². The van der Waals surface area contributed by atoms with Crippen LogP contribution < -0.4 is 5.32 Å². The maximum atomic E-state index is 9.76. The van der Waals surface area contributed by atoms with Gasteiger partial charge in [-0.1, -0.05) is 0 Å². The van der Waals surface area contributed by atoms with Gasteiger partial charge in [0.25, 0.3) is 6.47 Å². The fourth-order valence-electron chi connectivity index (χ4n) is 0.696. The summed E-state index contributed by atoms with van der Waals surface area (Å²) in [5.74, 6) is 0. The summed E-state index contributed by atoms with van der Waals surface area (Å²) in [5.41, 5.74) is 0. The van der Waals surface area contributed by atoms with Crippen LogP contribution in [0, 0.1) is 0 Å². The first-order valence-electron chi connectivity index (χ1n) is 2.83. The number of nitrogens with one attached hydrogen (secondary N) is 1. The van der Waals surface area contributed by atoms with Gasteiger partial charge in [0.1, 0.15) is 0 Å². The molecular weight excluding hydrogens is 122 g/mol. The average Bonchev–Trinajstić information content (AvgIpc) is 1.91. The van der Waals surface area contributed by atoms with Crippen LogP contribution in [-0.4, -0.2) is 32.5 Å². The lowest BCUT2D eigenvalue weighted by molar-refractivity contribution is -0.141. The highest BCUT2D eigenvalue weighted by Crippen LogP contribution is 1.91. The Morgan fingerprint density at radius 2 is 2.67 bits per heavy atom. The molecule has 1 atom stereocenters. The normalized spacial score (nSPS) is 27.3. The molecule has 0 aromatic carbocycles. The fraction of sp³-hybridized carbons (Fsp3) is 0.800. The van der Waals surface area contributed by atoms with Crippen molar-refractivity contribution in [2.75, 3.05) is 19.8 Å². The molecular formula is C5H9NO3. The molecule has 0 spiro atoms. The topological polar surface area (TPSA) is 47.6 Å². The molecule has 1 aliphatic heterocycles. The summed E-state index contributed by atoms with van der Waals surface area (Å²) in [4.78, 5) is 9.76. The lowest BCUT2D eigenvalue weighted by Gasteiger charge is -2.21. The molecule has 1 rings (SSSR count). The monoisotopic (exact) mass is 131 g/mol. The highest BCUT2D eigenvalue weighted by molar-refractivity contribution is 5.37. The maximum absolute atomic E-state index is 9.76. The Morgan fingerprint density at radius 1 is 1.78 bits per heavy atom. The third-order valence-corrected chi connectivity index (χ3v) is 1.11. The second-order valence-corrected chi connectivity index (χ2v) is 1.75. The van der Waals surface area contributed by atoms with Gasteiger partial charge in [-0.2, -0.15) is 0 Å². The van der Waals surface area contributed by atoms with Crippen molar-refractivity contribution >= 4 is 6.47 Å². The van der Waals surface area contributed by atoms with Crippen LogP contribution in [0.3, 0.4) is 0 Å². The summed E-state index contributed by atoms with van der Waals surface area (Å²) in [6.45, 7) is 2.32. The highest BCUT2D eigenvalue weighted by atomic mass is 16.6. The molecule has 4 heteroatoms. The predicted molar refractivity (Wildman–Crippen MR) is 29.8 cm³/mol. The number of hydrogen-bond acceptors (Lipinski definition) is 4. The van der Waals surface area contributed by atoms with Crippen molar-refractivity contribution in [1.82, 2.24) is 5.32 Å². The van der Waals surface area contributed by atoms with Crippen molar-refractivity contribution in [2.45, 2.75) is 6.23 Å². The molecule has 1 N–H and O–H groups in total. The van der Waals surface area contributed by atoms with Gasteiger partial charge in [-0.3, -0.25) is 10.1 Å². The Hall–Kier alpha value is -0.610. The molecule has 1 saturated heterocycles. The van der Waals surface area contributed by atoms with Crippen LogP contribution in [0.25, 0.3) is 0 Å². The first-order valence-corrected chi connectivity index (χ1v) is 2.83. The minimum absolute atomic E-state index is 0.240. The molecule has 0 aliphatic carbocycles. The van der Waals surface area contributed by atoms with Crippen LogP contribution in [0.2, 0.25) is 0 Å². The minimum atomic E-state index is -0.240. The first-order chi connectivity index (χ1) is 4.43. The summed E-state index contributed by atoms with van der Waals surface area (Å²) in [6.07, 6.45) is -0.240. The zero-order chi connectivity index (χ0) is 6.53. The third-order valence-electron chi connectivity index (χ3n) is 1.11. The van der Waals surface area contributed by atoms with Crippen LogP contribution in [-0.2, 0) is 14.3 Å². The Morgan fingerprint density at radius 3 is 3.22 bits per heavy atom. The number of ether oxygens (including phenoxy) is 2. The fourth-order valence-corrected chi connectivity index (χ4v) is 0.696.